The van der Waals surface area contributed by atoms with Gasteiger partial charge in [-0.1, -0.05) is 11.0 Å². The molecule has 10 heteroatoms. The Hall–Kier alpha value is -1.98. The highest BCUT2D eigenvalue weighted by Crippen LogP contribution is 2.50. The van der Waals surface area contributed by atoms with Crippen molar-refractivity contribution in [3.8, 4) is 5.75 Å². The molecule has 1 fully saturated rings. The number of aromatic nitrogens is 1. The standard InChI is InChI=1S/C13H17N3O6S/c1-7(22-6-17)9-4-14-10-3-11(12(18)2-8(9)10)16-5-13(19)15-23(16,20)21/h2-4,6-7,13-15,18-21H,5H2,1H3. The molecule has 1 aromatic carbocycles. The number of nitrogens with one attached hydrogen (secondary N) is 2. The normalized spacial score (nSPS) is 23.0. The van der Waals surface area contributed by atoms with Gasteiger partial charge in [0.1, 0.15) is 23.8 Å². The van der Waals surface area contributed by atoms with Gasteiger partial charge in [0.15, 0.2) is 0 Å². The van der Waals surface area contributed by atoms with E-state index in [4.69, 9.17) is 4.74 Å². The van der Waals surface area contributed by atoms with Crippen LogP contribution < -0.4 is 9.03 Å². The lowest BCUT2D eigenvalue weighted by Crippen LogP contribution is -2.25. The van der Waals surface area contributed by atoms with Gasteiger partial charge < -0.3 is 19.9 Å². The maximum Gasteiger partial charge on any atom is 0.293 e. The van der Waals surface area contributed by atoms with Gasteiger partial charge in [0.25, 0.3) is 6.47 Å². The number of carbonyl (C=O) groups excluding carboxylic acids is 1. The van der Waals surface area contributed by atoms with Gasteiger partial charge in [0.05, 0.1) is 6.54 Å². The molecule has 2 aromatic rings. The highest BCUT2D eigenvalue weighted by atomic mass is 32.3. The topological polar surface area (TPSA) is 138 Å². The number of phenolic OH excluding ortho intramolecular Hbond substituents is 1. The number of phenols is 1. The number of carbonyl (C=O) groups is 1. The van der Waals surface area contributed by atoms with Crippen molar-refractivity contribution in [1.29, 1.82) is 0 Å². The maximum atomic E-state index is 10.5. The van der Waals surface area contributed by atoms with Crippen LogP contribution in [-0.4, -0.2) is 43.5 Å². The minimum Gasteiger partial charge on any atom is -0.506 e. The van der Waals surface area contributed by atoms with Gasteiger partial charge in [-0.2, -0.15) is 4.72 Å². The van der Waals surface area contributed by atoms with E-state index in [1.54, 1.807) is 13.1 Å². The van der Waals surface area contributed by atoms with Crippen LogP contribution >= 0.6 is 11.0 Å². The summed E-state index contributed by atoms with van der Waals surface area (Å²) in [5, 5.41) is 20.4. The zero-order valence-corrected chi connectivity index (χ0v) is 12.9. The van der Waals surface area contributed by atoms with Crippen LogP contribution in [0.4, 0.5) is 5.69 Å². The van der Waals surface area contributed by atoms with E-state index in [0.717, 1.165) is 4.31 Å². The molecule has 0 amide bonds. The first kappa shape index (κ1) is 15.9. The van der Waals surface area contributed by atoms with Crippen LogP contribution in [0, 0.1) is 0 Å². The lowest BCUT2D eigenvalue weighted by molar-refractivity contribution is -0.133. The first-order valence-corrected chi connectivity index (χ1v) is 8.28. The van der Waals surface area contributed by atoms with Gasteiger partial charge in [-0.25, -0.2) is 0 Å². The van der Waals surface area contributed by atoms with Crippen LogP contribution in [-0.2, 0) is 9.53 Å². The Labute approximate surface area is 133 Å². The number of benzene rings is 1. The van der Waals surface area contributed by atoms with Gasteiger partial charge in [0, 0.05) is 22.7 Å². The lowest BCUT2D eigenvalue weighted by atomic mass is 10.1. The number of aliphatic hydroxyl groups is 1. The van der Waals surface area contributed by atoms with E-state index in [9.17, 15) is 24.1 Å². The highest BCUT2D eigenvalue weighted by molar-refractivity contribution is 8.24. The first-order valence-electron chi connectivity index (χ1n) is 6.78. The summed E-state index contributed by atoms with van der Waals surface area (Å²) >= 11 is 0. The molecule has 9 nitrogen and oxygen atoms in total. The average Bonchev–Trinajstić information content (AvgIpc) is 2.97. The number of rotatable bonds is 4. The number of aromatic amines is 1. The molecular weight excluding hydrogens is 326 g/mol. The fourth-order valence-corrected chi connectivity index (χ4v) is 3.98. The fourth-order valence-electron chi connectivity index (χ4n) is 2.64. The van der Waals surface area contributed by atoms with Crippen LogP contribution in [0.3, 0.4) is 0 Å². The van der Waals surface area contributed by atoms with Crippen molar-refractivity contribution in [2.45, 2.75) is 19.3 Å². The van der Waals surface area contributed by atoms with Crippen LogP contribution in [0.25, 0.3) is 10.9 Å². The minimum atomic E-state index is -3.41. The lowest BCUT2D eigenvalue weighted by Gasteiger charge is -2.36. The van der Waals surface area contributed by atoms with Gasteiger partial charge in [-0.05, 0) is 19.1 Å². The van der Waals surface area contributed by atoms with Crippen LogP contribution in [0.2, 0.25) is 0 Å². The number of ether oxygens (including phenoxy) is 1. The molecule has 23 heavy (non-hydrogen) atoms. The summed E-state index contributed by atoms with van der Waals surface area (Å²) in [5.41, 5.74) is 1.46. The molecule has 6 N–H and O–H groups in total. The van der Waals surface area contributed by atoms with E-state index < -0.39 is 23.3 Å². The second-order valence-electron chi connectivity index (χ2n) is 5.22. The summed E-state index contributed by atoms with van der Waals surface area (Å²) in [7, 11) is -3.41. The molecule has 1 aliphatic rings. The predicted octanol–water partition coefficient (Wildman–Crippen LogP) is 1.42. The zero-order chi connectivity index (χ0) is 16.8. The third-order valence-corrected chi connectivity index (χ3v) is 5.26. The SMILES string of the molecule is CC(OC=O)c1c[nH]c2cc(N3CC(O)NS3(O)O)c(O)cc12. The van der Waals surface area contributed by atoms with Crippen molar-refractivity contribution in [3.63, 3.8) is 0 Å². The molecule has 3 rings (SSSR count). The van der Waals surface area contributed by atoms with Crippen molar-refractivity contribution in [3.05, 3.63) is 23.9 Å². The Morgan fingerprint density at radius 2 is 2.22 bits per heavy atom. The Bertz CT molecular complexity index is 749. The van der Waals surface area contributed by atoms with E-state index in [1.807, 2.05) is 0 Å². The Morgan fingerprint density at radius 1 is 1.48 bits per heavy atom. The third kappa shape index (κ3) is 2.71. The Morgan fingerprint density at radius 3 is 2.83 bits per heavy atom. The van der Waals surface area contributed by atoms with Crippen molar-refractivity contribution in [2.75, 3.05) is 10.8 Å². The molecule has 0 saturated carbocycles. The molecule has 0 spiro atoms. The van der Waals surface area contributed by atoms with Crippen molar-refractivity contribution in [1.82, 2.24) is 9.71 Å². The summed E-state index contributed by atoms with van der Waals surface area (Å²) < 4.78 is 28.2. The van der Waals surface area contributed by atoms with Gasteiger partial charge >= 0.3 is 0 Å². The zero-order valence-electron chi connectivity index (χ0n) is 12.1. The smallest absolute Gasteiger partial charge is 0.293 e. The molecule has 2 heterocycles. The Kier molecular flexibility index (Phi) is 3.86. The maximum absolute atomic E-state index is 10.5. The van der Waals surface area contributed by atoms with Gasteiger partial charge in [-0.3, -0.25) is 18.2 Å². The monoisotopic (exact) mass is 343 g/mol. The summed E-state index contributed by atoms with van der Waals surface area (Å²) in [6, 6.07) is 2.98. The van der Waals surface area contributed by atoms with E-state index in [-0.39, 0.29) is 18.0 Å². The average molecular weight is 343 g/mol. The summed E-state index contributed by atoms with van der Waals surface area (Å²) in [6.45, 7) is 1.96. The van der Waals surface area contributed by atoms with Crippen molar-refractivity contribution < 1.29 is 28.8 Å². The van der Waals surface area contributed by atoms with Crippen LogP contribution in [0.15, 0.2) is 18.3 Å². The van der Waals surface area contributed by atoms with Gasteiger partial charge in [-0.15, -0.1) is 0 Å². The summed E-state index contributed by atoms with van der Waals surface area (Å²) in [4.78, 5) is 13.5. The number of β-amino-alcohol motifs (C(OH)–C–C–N with tert-alkyl or cyclic N) is 1. The number of aliphatic hydroxyl groups excluding tert-OH is 1. The minimum absolute atomic E-state index is 0.0837. The Balaban J connectivity index is 2.05. The third-order valence-electron chi connectivity index (χ3n) is 3.72. The molecule has 2 unspecified atom stereocenters. The van der Waals surface area contributed by atoms with Gasteiger partial charge in [0.2, 0.25) is 0 Å². The molecule has 0 aliphatic carbocycles. The molecule has 1 aliphatic heterocycles. The van der Waals surface area contributed by atoms with E-state index in [1.165, 1.54) is 12.1 Å². The number of aromatic hydroxyl groups is 1. The molecule has 2 atom stereocenters. The molecule has 1 saturated heterocycles. The number of hydrogen-bond acceptors (Lipinski definition) is 8. The molecule has 126 valence electrons. The number of anilines is 1. The van der Waals surface area contributed by atoms with E-state index in [2.05, 4.69) is 9.71 Å². The first-order chi connectivity index (χ1) is 10.8. The second kappa shape index (κ2) is 5.58. The largest absolute Gasteiger partial charge is 0.506 e. The quantitative estimate of drug-likeness (QED) is 0.458. The van der Waals surface area contributed by atoms with Crippen molar-refractivity contribution in [2.24, 2.45) is 0 Å². The highest BCUT2D eigenvalue weighted by Gasteiger charge is 2.36. The van der Waals surface area contributed by atoms with Crippen LogP contribution in [0.1, 0.15) is 18.6 Å². The summed E-state index contributed by atoms with van der Waals surface area (Å²) in [6.07, 6.45) is 0.0365. The van der Waals surface area contributed by atoms with E-state index in [0.29, 0.717) is 22.9 Å². The molecule has 0 bridgehead atoms. The number of fused-ring (bicyclic) bond motifs is 1. The molecule has 0 radical (unpaired) electrons. The second-order valence-corrected chi connectivity index (χ2v) is 6.93. The van der Waals surface area contributed by atoms with E-state index >= 15 is 0 Å². The number of hydrogen-bond donors (Lipinski definition) is 6. The number of nitrogens with zero attached hydrogens (tertiary/aromatic N) is 1. The number of H-pyrrole nitrogens is 1. The summed E-state index contributed by atoms with van der Waals surface area (Å²) in [5.74, 6) is -0.187. The molecule has 1 aromatic heterocycles. The molecular formula is C13H17N3O6S. The predicted molar refractivity (Wildman–Crippen MR) is 84.9 cm³/mol. The van der Waals surface area contributed by atoms with Crippen molar-refractivity contribution >= 4 is 34.0 Å². The van der Waals surface area contributed by atoms with Crippen LogP contribution in [0.5, 0.6) is 5.75 Å². The fraction of sp³-hybridized carbons (Fsp3) is 0.308.